The Morgan fingerprint density at radius 1 is 0.963 bits per heavy atom. The normalized spacial score (nSPS) is 14.7. The first kappa shape index (κ1) is 19.0. The molecule has 27 heavy (non-hydrogen) atoms. The minimum Gasteiger partial charge on any atom is -0.493 e. The third kappa shape index (κ3) is 4.92. The van der Waals surface area contributed by atoms with Crippen molar-refractivity contribution in [2.45, 2.75) is 13.5 Å². The van der Waals surface area contributed by atoms with Crippen LogP contribution in [0.15, 0.2) is 42.5 Å². The highest BCUT2D eigenvalue weighted by Crippen LogP contribution is 2.29. The number of anilines is 1. The van der Waals surface area contributed by atoms with E-state index in [2.05, 4.69) is 41.4 Å². The summed E-state index contributed by atoms with van der Waals surface area (Å²) in [7, 11) is 3.17. The van der Waals surface area contributed by atoms with E-state index in [-0.39, 0.29) is 6.03 Å². The summed E-state index contributed by atoms with van der Waals surface area (Å²) in [6.45, 7) is 6.18. The number of aryl methyl sites for hydroxylation is 1. The van der Waals surface area contributed by atoms with Crippen molar-refractivity contribution in [2.75, 3.05) is 45.7 Å². The van der Waals surface area contributed by atoms with Crippen LogP contribution in [0.4, 0.5) is 10.5 Å². The molecule has 6 nitrogen and oxygen atoms in total. The van der Waals surface area contributed by atoms with Crippen LogP contribution in [-0.2, 0) is 6.54 Å². The Hall–Kier alpha value is -2.73. The highest BCUT2D eigenvalue weighted by molar-refractivity contribution is 5.89. The summed E-state index contributed by atoms with van der Waals surface area (Å²) in [5, 5.41) is 2.94. The van der Waals surface area contributed by atoms with Crippen molar-refractivity contribution in [3.05, 3.63) is 53.6 Å². The van der Waals surface area contributed by atoms with Crippen LogP contribution in [0.3, 0.4) is 0 Å². The Balaban J connectivity index is 1.51. The van der Waals surface area contributed by atoms with E-state index >= 15 is 0 Å². The highest BCUT2D eigenvalue weighted by Gasteiger charge is 2.21. The average Bonchev–Trinajstić information content (AvgIpc) is 2.70. The molecule has 0 bridgehead atoms. The second-order valence-electron chi connectivity index (χ2n) is 6.75. The van der Waals surface area contributed by atoms with E-state index < -0.39 is 0 Å². The van der Waals surface area contributed by atoms with Crippen LogP contribution in [0.25, 0.3) is 0 Å². The topological polar surface area (TPSA) is 54.0 Å². The number of rotatable bonds is 5. The molecule has 144 valence electrons. The predicted molar refractivity (Wildman–Crippen MR) is 107 cm³/mol. The molecule has 2 amide bonds. The van der Waals surface area contributed by atoms with E-state index in [0.717, 1.165) is 19.6 Å². The van der Waals surface area contributed by atoms with Crippen LogP contribution in [0.2, 0.25) is 0 Å². The van der Waals surface area contributed by atoms with Gasteiger partial charge in [-0.15, -0.1) is 0 Å². The molecule has 0 aromatic heterocycles. The molecule has 0 atom stereocenters. The first-order valence-corrected chi connectivity index (χ1v) is 9.15. The Morgan fingerprint density at radius 2 is 1.63 bits per heavy atom. The number of ether oxygens (including phenoxy) is 2. The standard InChI is InChI=1S/C21H27N3O3/c1-16-4-6-17(7-5-16)15-23-10-12-24(13-11-23)21(25)22-18-8-9-19(26-2)20(14-18)27-3/h4-9,14H,10-13,15H2,1-3H3,(H,22,25). The number of nitrogens with one attached hydrogen (secondary N) is 1. The zero-order valence-electron chi connectivity index (χ0n) is 16.2. The molecule has 0 spiro atoms. The fraction of sp³-hybridized carbons (Fsp3) is 0.381. The van der Waals surface area contributed by atoms with Gasteiger partial charge in [0.25, 0.3) is 0 Å². The van der Waals surface area contributed by atoms with Gasteiger partial charge in [0.05, 0.1) is 14.2 Å². The number of amides is 2. The first-order chi connectivity index (χ1) is 13.1. The van der Waals surface area contributed by atoms with Gasteiger partial charge in [-0.05, 0) is 24.6 Å². The van der Waals surface area contributed by atoms with E-state index in [4.69, 9.17) is 9.47 Å². The minimum absolute atomic E-state index is 0.0859. The van der Waals surface area contributed by atoms with Crippen molar-refractivity contribution in [1.29, 1.82) is 0 Å². The number of hydrogen-bond donors (Lipinski definition) is 1. The Morgan fingerprint density at radius 3 is 2.26 bits per heavy atom. The molecular formula is C21H27N3O3. The van der Waals surface area contributed by atoms with Crippen molar-refractivity contribution in [3.8, 4) is 11.5 Å². The summed E-state index contributed by atoms with van der Waals surface area (Å²) in [6, 6.07) is 13.9. The zero-order chi connectivity index (χ0) is 19.2. The van der Waals surface area contributed by atoms with E-state index in [1.165, 1.54) is 11.1 Å². The summed E-state index contributed by atoms with van der Waals surface area (Å²) < 4.78 is 10.5. The van der Waals surface area contributed by atoms with Crippen molar-refractivity contribution in [1.82, 2.24) is 9.80 Å². The first-order valence-electron chi connectivity index (χ1n) is 9.15. The van der Waals surface area contributed by atoms with Crippen LogP contribution in [0, 0.1) is 6.92 Å². The van der Waals surface area contributed by atoms with Gasteiger partial charge in [0.1, 0.15) is 0 Å². The van der Waals surface area contributed by atoms with Gasteiger partial charge in [-0.1, -0.05) is 29.8 Å². The second kappa shape index (κ2) is 8.77. The number of methoxy groups -OCH3 is 2. The van der Waals surface area contributed by atoms with E-state index in [9.17, 15) is 4.79 Å². The summed E-state index contributed by atoms with van der Waals surface area (Å²) in [5.74, 6) is 1.23. The van der Waals surface area contributed by atoms with Gasteiger partial charge < -0.3 is 19.7 Å². The smallest absolute Gasteiger partial charge is 0.321 e. The third-order valence-electron chi connectivity index (χ3n) is 4.82. The molecule has 2 aromatic carbocycles. The molecular weight excluding hydrogens is 342 g/mol. The van der Waals surface area contributed by atoms with Crippen LogP contribution in [-0.4, -0.2) is 56.2 Å². The lowest BCUT2D eigenvalue weighted by molar-refractivity contribution is 0.143. The lowest BCUT2D eigenvalue weighted by atomic mass is 10.1. The van der Waals surface area contributed by atoms with Gasteiger partial charge >= 0.3 is 6.03 Å². The SMILES string of the molecule is COc1ccc(NC(=O)N2CCN(Cc3ccc(C)cc3)CC2)cc1OC. The molecule has 3 rings (SSSR count). The molecule has 0 saturated carbocycles. The maximum Gasteiger partial charge on any atom is 0.321 e. The molecule has 6 heteroatoms. The quantitative estimate of drug-likeness (QED) is 0.878. The highest BCUT2D eigenvalue weighted by atomic mass is 16.5. The lowest BCUT2D eigenvalue weighted by Crippen LogP contribution is -2.49. The summed E-state index contributed by atoms with van der Waals surface area (Å²) in [4.78, 5) is 16.8. The van der Waals surface area contributed by atoms with Crippen LogP contribution in [0.1, 0.15) is 11.1 Å². The number of hydrogen-bond acceptors (Lipinski definition) is 4. The number of urea groups is 1. The molecule has 1 N–H and O–H groups in total. The summed E-state index contributed by atoms with van der Waals surface area (Å²) in [6.07, 6.45) is 0. The van der Waals surface area contributed by atoms with Crippen molar-refractivity contribution in [2.24, 2.45) is 0 Å². The fourth-order valence-corrected chi connectivity index (χ4v) is 3.18. The maximum atomic E-state index is 12.5. The van der Waals surface area contributed by atoms with Gasteiger partial charge in [0, 0.05) is 44.5 Å². The molecule has 0 radical (unpaired) electrons. The van der Waals surface area contributed by atoms with Gasteiger partial charge in [-0.3, -0.25) is 4.90 Å². The zero-order valence-corrected chi connectivity index (χ0v) is 16.2. The monoisotopic (exact) mass is 369 g/mol. The van der Waals surface area contributed by atoms with Crippen molar-refractivity contribution < 1.29 is 14.3 Å². The van der Waals surface area contributed by atoms with Crippen molar-refractivity contribution >= 4 is 11.7 Å². The molecule has 0 unspecified atom stereocenters. The van der Waals surface area contributed by atoms with E-state index in [1.54, 1.807) is 26.4 Å². The van der Waals surface area contributed by atoms with Gasteiger partial charge in [0.15, 0.2) is 11.5 Å². The van der Waals surface area contributed by atoms with Crippen LogP contribution < -0.4 is 14.8 Å². The Bertz CT molecular complexity index is 769. The van der Waals surface area contributed by atoms with Crippen molar-refractivity contribution in [3.63, 3.8) is 0 Å². The summed E-state index contributed by atoms with van der Waals surface area (Å²) in [5.41, 5.74) is 3.28. The summed E-state index contributed by atoms with van der Waals surface area (Å²) >= 11 is 0. The minimum atomic E-state index is -0.0859. The van der Waals surface area contributed by atoms with E-state index in [0.29, 0.717) is 30.3 Å². The second-order valence-corrected chi connectivity index (χ2v) is 6.75. The number of nitrogens with zero attached hydrogens (tertiary/aromatic N) is 2. The number of carbonyl (C=O) groups excluding carboxylic acids is 1. The largest absolute Gasteiger partial charge is 0.493 e. The van der Waals surface area contributed by atoms with Gasteiger partial charge in [-0.25, -0.2) is 4.79 Å². The number of benzene rings is 2. The van der Waals surface area contributed by atoms with Crippen LogP contribution >= 0.6 is 0 Å². The molecule has 1 aliphatic heterocycles. The Kier molecular flexibility index (Phi) is 6.19. The molecule has 1 saturated heterocycles. The molecule has 1 aliphatic rings. The predicted octanol–water partition coefficient (Wildman–Crippen LogP) is 3.36. The van der Waals surface area contributed by atoms with Gasteiger partial charge in [-0.2, -0.15) is 0 Å². The average molecular weight is 369 g/mol. The fourth-order valence-electron chi connectivity index (χ4n) is 3.18. The molecule has 1 heterocycles. The van der Waals surface area contributed by atoms with Crippen LogP contribution in [0.5, 0.6) is 11.5 Å². The molecule has 0 aliphatic carbocycles. The van der Waals surface area contributed by atoms with E-state index in [1.807, 2.05) is 11.0 Å². The maximum absolute atomic E-state index is 12.5. The molecule has 1 fully saturated rings. The third-order valence-corrected chi connectivity index (χ3v) is 4.82. The van der Waals surface area contributed by atoms with Gasteiger partial charge in [0.2, 0.25) is 0 Å². The number of piperazine rings is 1. The Labute approximate surface area is 160 Å². The molecule has 2 aromatic rings. The lowest BCUT2D eigenvalue weighted by Gasteiger charge is -2.34. The number of carbonyl (C=O) groups is 1.